The van der Waals surface area contributed by atoms with Gasteiger partial charge in [-0.1, -0.05) is 54.1 Å². The van der Waals surface area contributed by atoms with Crippen LogP contribution < -0.4 is 5.32 Å². The molecular weight excluding hydrogens is 392 g/mol. The lowest BCUT2D eigenvalue weighted by Gasteiger charge is -2.11. The van der Waals surface area contributed by atoms with Crippen LogP contribution in [-0.4, -0.2) is 10.9 Å². The Labute approximate surface area is 179 Å². The smallest absolute Gasteiger partial charge is 0.256 e. The Bertz CT molecular complexity index is 1390. The van der Waals surface area contributed by atoms with Gasteiger partial charge in [-0.2, -0.15) is 0 Å². The van der Waals surface area contributed by atoms with Crippen LogP contribution in [0.5, 0.6) is 0 Å². The number of pyridine rings is 1. The maximum absolute atomic E-state index is 12.9. The minimum atomic E-state index is -0.146. The molecule has 1 aromatic heterocycles. The highest BCUT2D eigenvalue weighted by Gasteiger charge is 2.12. The molecule has 0 spiro atoms. The van der Waals surface area contributed by atoms with Gasteiger partial charge in [-0.25, -0.2) is 0 Å². The van der Waals surface area contributed by atoms with Gasteiger partial charge in [-0.05, 0) is 69.8 Å². The van der Waals surface area contributed by atoms with Crippen LogP contribution in [0.2, 0.25) is 5.02 Å². The molecule has 0 saturated carbocycles. The largest absolute Gasteiger partial charge is 0.322 e. The first-order chi connectivity index (χ1) is 14.7. The fourth-order valence-electron chi connectivity index (χ4n) is 3.76. The molecule has 30 heavy (non-hydrogen) atoms. The molecule has 144 valence electrons. The lowest BCUT2D eigenvalue weighted by atomic mass is 9.95. The van der Waals surface area contributed by atoms with Crippen molar-refractivity contribution in [2.75, 3.05) is 5.32 Å². The number of rotatable bonds is 3. The number of hydrogen-bond acceptors (Lipinski definition) is 2. The predicted molar refractivity (Wildman–Crippen MR) is 124 cm³/mol. The molecular formula is C26H17ClN2O. The van der Waals surface area contributed by atoms with E-state index in [1.165, 1.54) is 0 Å². The van der Waals surface area contributed by atoms with Crippen molar-refractivity contribution in [1.29, 1.82) is 0 Å². The fourth-order valence-corrected chi connectivity index (χ4v) is 3.88. The van der Waals surface area contributed by atoms with Gasteiger partial charge in [0.1, 0.15) is 0 Å². The molecule has 0 bridgehead atoms. The van der Waals surface area contributed by atoms with Gasteiger partial charge in [0.05, 0.1) is 0 Å². The van der Waals surface area contributed by atoms with Crippen molar-refractivity contribution < 1.29 is 4.79 Å². The summed E-state index contributed by atoms with van der Waals surface area (Å²) in [7, 11) is 0. The third kappa shape index (κ3) is 3.40. The van der Waals surface area contributed by atoms with E-state index in [4.69, 9.17) is 11.6 Å². The summed E-state index contributed by atoms with van der Waals surface area (Å²) >= 11 is 5.93. The van der Waals surface area contributed by atoms with Crippen LogP contribution >= 0.6 is 11.6 Å². The summed E-state index contributed by atoms with van der Waals surface area (Å²) in [5.74, 6) is -0.146. The minimum absolute atomic E-state index is 0.146. The molecule has 0 aliphatic carbocycles. The van der Waals surface area contributed by atoms with Gasteiger partial charge in [-0.3, -0.25) is 9.78 Å². The monoisotopic (exact) mass is 408 g/mol. The predicted octanol–water partition coefficient (Wildman–Crippen LogP) is 6.96. The molecule has 0 aliphatic heterocycles. The van der Waals surface area contributed by atoms with Crippen molar-refractivity contribution in [1.82, 2.24) is 4.98 Å². The lowest BCUT2D eigenvalue weighted by molar-refractivity contribution is 0.102. The van der Waals surface area contributed by atoms with Crippen molar-refractivity contribution in [3.8, 4) is 11.1 Å². The second kappa shape index (κ2) is 7.62. The van der Waals surface area contributed by atoms with Crippen molar-refractivity contribution in [2.24, 2.45) is 0 Å². The molecule has 1 heterocycles. The molecule has 0 saturated heterocycles. The van der Waals surface area contributed by atoms with Crippen LogP contribution in [0.25, 0.3) is 32.7 Å². The quantitative estimate of drug-likeness (QED) is 0.350. The van der Waals surface area contributed by atoms with Crippen molar-refractivity contribution >= 4 is 44.7 Å². The normalized spacial score (nSPS) is 11.0. The number of nitrogens with zero attached hydrogens (tertiary/aromatic N) is 1. The number of benzene rings is 4. The number of halogens is 1. The second-order valence-corrected chi connectivity index (χ2v) is 7.54. The Morgan fingerprint density at radius 3 is 2.47 bits per heavy atom. The van der Waals surface area contributed by atoms with Gasteiger partial charge in [-0.15, -0.1) is 0 Å². The average molecular weight is 409 g/mol. The van der Waals surface area contributed by atoms with E-state index < -0.39 is 0 Å². The van der Waals surface area contributed by atoms with Crippen LogP contribution in [0.3, 0.4) is 0 Å². The third-order valence-electron chi connectivity index (χ3n) is 5.22. The highest BCUT2D eigenvalue weighted by atomic mass is 35.5. The maximum Gasteiger partial charge on any atom is 0.256 e. The SMILES string of the molecule is O=C(Nc1ccc(Cl)cc1)c1cccc2cc(-c3cccc4cnccc34)ccc12. The summed E-state index contributed by atoms with van der Waals surface area (Å²) in [5.41, 5.74) is 3.60. The van der Waals surface area contributed by atoms with Gasteiger partial charge >= 0.3 is 0 Å². The van der Waals surface area contributed by atoms with Gasteiger partial charge in [0.25, 0.3) is 5.91 Å². The highest BCUT2D eigenvalue weighted by molar-refractivity contribution is 6.30. The Hall–Kier alpha value is -3.69. The van der Waals surface area contributed by atoms with Gasteiger partial charge < -0.3 is 5.32 Å². The molecule has 0 atom stereocenters. The average Bonchev–Trinajstić information content (AvgIpc) is 2.79. The zero-order valence-corrected chi connectivity index (χ0v) is 16.7. The molecule has 1 amide bonds. The number of hydrogen-bond donors (Lipinski definition) is 1. The molecule has 0 unspecified atom stereocenters. The van der Waals surface area contributed by atoms with Gasteiger partial charge in [0.15, 0.2) is 0 Å². The van der Waals surface area contributed by atoms with E-state index in [9.17, 15) is 4.79 Å². The number of carbonyl (C=O) groups is 1. The molecule has 0 radical (unpaired) electrons. The molecule has 1 N–H and O–H groups in total. The Kier molecular flexibility index (Phi) is 4.66. The van der Waals surface area contributed by atoms with E-state index in [1.807, 2.05) is 48.8 Å². The van der Waals surface area contributed by atoms with Gasteiger partial charge in [0, 0.05) is 34.1 Å². The van der Waals surface area contributed by atoms with E-state index in [-0.39, 0.29) is 5.91 Å². The molecule has 0 fully saturated rings. The second-order valence-electron chi connectivity index (χ2n) is 7.10. The van der Waals surface area contributed by atoms with Crippen LogP contribution in [0.4, 0.5) is 5.69 Å². The molecule has 5 rings (SSSR count). The highest BCUT2D eigenvalue weighted by Crippen LogP contribution is 2.31. The fraction of sp³-hybridized carbons (Fsp3) is 0. The molecule has 3 nitrogen and oxygen atoms in total. The summed E-state index contributed by atoms with van der Waals surface area (Å²) in [6.07, 6.45) is 3.69. The number of amides is 1. The van der Waals surface area contributed by atoms with Crippen LogP contribution in [-0.2, 0) is 0 Å². The summed E-state index contributed by atoms with van der Waals surface area (Å²) in [6.45, 7) is 0. The lowest BCUT2D eigenvalue weighted by Crippen LogP contribution is -2.12. The Morgan fingerprint density at radius 1 is 0.800 bits per heavy atom. The van der Waals surface area contributed by atoms with Gasteiger partial charge in [0.2, 0.25) is 0 Å². The molecule has 5 aromatic rings. The number of fused-ring (bicyclic) bond motifs is 2. The Balaban J connectivity index is 1.55. The molecule has 0 aliphatic rings. The van der Waals surface area contributed by atoms with Crippen LogP contribution in [0.15, 0.2) is 97.3 Å². The van der Waals surface area contributed by atoms with Crippen molar-refractivity contribution in [3.63, 3.8) is 0 Å². The third-order valence-corrected chi connectivity index (χ3v) is 5.47. The first-order valence-electron chi connectivity index (χ1n) is 9.62. The first-order valence-corrected chi connectivity index (χ1v) is 10.00. The van der Waals surface area contributed by atoms with Crippen LogP contribution in [0, 0.1) is 0 Å². The van der Waals surface area contributed by atoms with E-state index in [0.717, 1.165) is 32.7 Å². The van der Waals surface area contributed by atoms with Crippen LogP contribution in [0.1, 0.15) is 10.4 Å². The topological polar surface area (TPSA) is 42.0 Å². The van der Waals surface area contributed by atoms with E-state index >= 15 is 0 Å². The maximum atomic E-state index is 12.9. The zero-order valence-electron chi connectivity index (χ0n) is 16.0. The molecule has 4 aromatic carbocycles. The summed E-state index contributed by atoms with van der Waals surface area (Å²) < 4.78 is 0. The standard InChI is InChI=1S/C26H17ClN2O/c27-20-8-10-21(11-9-20)29-26(30)25-6-1-3-17-15-18(7-12-23(17)25)22-5-2-4-19-16-28-14-13-24(19)22/h1-16H,(H,29,30). The van der Waals surface area contributed by atoms with E-state index in [1.54, 1.807) is 24.3 Å². The summed E-state index contributed by atoms with van der Waals surface area (Å²) in [4.78, 5) is 17.1. The van der Waals surface area contributed by atoms with Crippen molar-refractivity contribution in [2.45, 2.75) is 0 Å². The zero-order chi connectivity index (χ0) is 20.5. The number of aromatic nitrogens is 1. The molecule has 4 heteroatoms. The number of anilines is 1. The summed E-state index contributed by atoms with van der Waals surface area (Å²) in [5, 5.41) is 7.76. The Morgan fingerprint density at radius 2 is 1.60 bits per heavy atom. The number of carbonyl (C=O) groups excluding carboxylic acids is 1. The minimum Gasteiger partial charge on any atom is -0.322 e. The summed E-state index contributed by atoms with van der Waals surface area (Å²) in [6, 6.07) is 27.3. The number of nitrogens with one attached hydrogen (secondary N) is 1. The first kappa shape index (κ1) is 18.3. The van der Waals surface area contributed by atoms with E-state index in [0.29, 0.717) is 16.3 Å². The van der Waals surface area contributed by atoms with Crippen molar-refractivity contribution in [3.05, 3.63) is 108 Å². The van der Waals surface area contributed by atoms with E-state index in [2.05, 4.69) is 34.6 Å².